The van der Waals surface area contributed by atoms with Crippen LogP contribution in [0, 0.1) is 5.82 Å². The van der Waals surface area contributed by atoms with Crippen molar-refractivity contribution in [3.8, 4) is 0 Å². The van der Waals surface area contributed by atoms with Crippen molar-refractivity contribution in [2.75, 3.05) is 10.6 Å². The molecular weight excluding hydrogens is 489 g/mol. The molecule has 33 heavy (non-hydrogen) atoms. The Labute approximate surface area is 202 Å². The van der Waals surface area contributed by atoms with Gasteiger partial charge in [-0.2, -0.15) is 4.37 Å². The highest BCUT2D eigenvalue weighted by Gasteiger charge is 2.37. The minimum absolute atomic E-state index is 0.0886. The summed E-state index contributed by atoms with van der Waals surface area (Å²) in [6.45, 7) is 5.41. The van der Waals surface area contributed by atoms with Crippen LogP contribution in [0.4, 0.5) is 15.8 Å². The maximum absolute atomic E-state index is 13.9. The summed E-state index contributed by atoms with van der Waals surface area (Å²) in [5.41, 5.74) is 10.4. The first-order valence-electron chi connectivity index (χ1n) is 9.59. The number of halogens is 2. The molecule has 174 valence electrons. The van der Waals surface area contributed by atoms with Crippen LogP contribution in [0.15, 0.2) is 35.7 Å². The normalized spacial score (nSPS) is 12.3. The van der Waals surface area contributed by atoms with Gasteiger partial charge in [-0.05, 0) is 61.9 Å². The third-order valence-electron chi connectivity index (χ3n) is 4.37. The van der Waals surface area contributed by atoms with Crippen LogP contribution in [0.3, 0.4) is 0 Å². The number of nitrogens with two attached hydrogens (primary N) is 2. The van der Waals surface area contributed by atoms with E-state index >= 15 is 0 Å². The summed E-state index contributed by atoms with van der Waals surface area (Å²) >= 11 is 7.94. The number of carbonyl (C=O) groups excluding carboxylic acids is 3. The van der Waals surface area contributed by atoms with Crippen molar-refractivity contribution in [3.63, 3.8) is 0 Å². The van der Waals surface area contributed by atoms with Crippen molar-refractivity contribution < 1.29 is 18.8 Å². The molecule has 5 N–H and O–H groups in total. The molecule has 0 fully saturated rings. The number of hydrogen-bond donors (Lipinski definition) is 3. The number of carbonyl (C=O) groups is 3. The maximum atomic E-state index is 13.9. The molecule has 2 heterocycles. The van der Waals surface area contributed by atoms with Gasteiger partial charge in [0.15, 0.2) is 11.7 Å². The molecule has 0 spiro atoms. The lowest BCUT2D eigenvalue weighted by Gasteiger charge is -2.33. The highest BCUT2D eigenvalue weighted by atomic mass is 35.5. The summed E-state index contributed by atoms with van der Waals surface area (Å²) in [4.78, 5) is 40.4. The Bertz CT molecular complexity index is 1210. The van der Waals surface area contributed by atoms with E-state index in [-0.39, 0.29) is 27.0 Å². The topological polar surface area (TPSA) is 131 Å². The number of rotatable bonds is 6. The van der Waals surface area contributed by atoms with Crippen LogP contribution in [-0.4, -0.2) is 27.6 Å². The second-order valence-corrected chi connectivity index (χ2v) is 10.2. The molecular formula is C21H21ClFN5O3S2. The number of anilines is 2. The second-order valence-electron chi connectivity index (χ2n) is 8.07. The summed E-state index contributed by atoms with van der Waals surface area (Å²) < 4.78 is 17.8. The van der Waals surface area contributed by atoms with Gasteiger partial charge >= 0.3 is 0 Å². The Morgan fingerprint density at radius 3 is 2.45 bits per heavy atom. The maximum Gasteiger partial charge on any atom is 0.273 e. The van der Waals surface area contributed by atoms with E-state index in [1.165, 1.54) is 23.5 Å². The molecule has 2 aromatic heterocycles. The van der Waals surface area contributed by atoms with Crippen LogP contribution in [0.2, 0.25) is 5.02 Å². The molecule has 3 aromatic rings. The van der Waals surface area contributed by atoms with Gasteiger partial charge in [0.1, 0.15) is 10.7 Å². The summed E-state index contributed by atoms with van der Waals surface area (Å²) in [6, 6.07) is 5.97. The van der Waals surface area contributed by atoms with Crippen LogP contribution >= 0.6 is 34.5 Å². The van der Waals surface area contributed by atoms with Gasteiger partial charge in [-0.15, -0.1) is 11.3 Å². The SMILES string of the molecule is CC(C)(C)NC(=O)C(c1cccs1)N(C(=O)c1snc(C(N)=O)c1N)c1ccc(F)c(Cl)c1. The van der Waals surface area contributed by atoms with Crippen LogP contribution in [0.5, 0.6) is 0 Å². The number of benzene rings is 1. The van der Waals surface area contributed by atoms with Gasteiger partial charge in [-0.25, -0.2) is 4.39 Å². The van der Waals surface area contributed by atoms with Crippen LogP contribution in [0.25, 0.3) is 0 Å². The summed E-state index contributed by atoms with van der Waals surface area (Å²) in [5, 5.41) is 4.41. The third-order valence-corrected chi connectivity index (χ3v) is 6.44. The molecule has 0 aliphatic heterocycles. The van der Waals surface area contributed by atoms with Crippen molar-refractivity contribution in [3.05, 3.63) is 62.0 Å². The molecule has 0 aliphatic rings. The standard InChI is InChI=1S/C21H21ClFN5O3S2/c1-21(2,3)26-19(30)16(13-5-4-8-32-13)28(10-6-7-12(23)11(22)9-10)20(31)17-14(24)15(18(25)29)27-33-17/h4-9,16H,24H2,1-3H3,(H2,25,29)(H,26,30). The number of thiophene rings is 1. The average molecular weight is 510 g/mol. The smallest absolute Gasteiger partial charge is 0.273 e. The Morgan fingerprint density at radius 1 is 1.24 bits per heavy atom. The molecule has 1 unspecified atom stereocenters. The minimum Gasteiger partial charge on any atom is -0.395 e. The van der Waals surface area contributed by atoms with Gasteiger partial charge in [0.25, 0.3) is 11.8 Å². The lowest BCUT2D eigenvalue weighted by Crippen LogP contribution is -2.49. The van der Waals surface area contributed by atoms with Crippen molar-refractivity contribution >= 4 is 63.6 Å². The van der Waals surface area contributed by atoms with Crippen LogP contribution in [-0.2, 0) is 4.79 Å². The molecule has 12 heteroatoms. The van der Waals surface area contributed by atoms with E-state index in [9.17, 15) is 18.8 Å². The van der Waals surface area contributed by atoms with E-state index in [0.717, 1.165) is 11.0 Å². The number of hydrogen-bond acceptors (Lipinski definition) is 7. The van der Waals surface area contributed by atoms with E-state index in [4.69, 9.17) is 23.1 Å². The number of nitrogen functional groups attached to an aromatic ring is 1. The second kappa shape index (κ2) is 9.46. The van der Waals surface area contributed by atoms with Gasteiger partial charge < -0.3 is 16.8 Å². The van der Waals surface area contributed by atoms with Gasteiger partial charge in [0.05, 0.1) is 10.7 Å². The van der Waals surface area contributed by atoms with E-state index in [2.05, 4.69) is 9.69 Å². The van der Waals surface area contributed by atoms with Gasteiger partial charge in [-0.3, -0.25) is 19.3 Å². The zero-order valence-corrected chi connectivity index (χ0v) is 20.3. The van der Waals surface area contributed by atoms with E-state index in [1.54, 1.807) is 38.3 Å². The molecule has 1 atom stereocenters. The molecule has 0 saturated heterocycles. The lowest BCUT2D eigenvalue weighted by atomic mass is 10.1. The zero-order valence-electron chi connectivity index (χ0n) is 17.9. The highest BCUT2D eigenvalue weighted by molar-refractivity contribution is 7.10. The molecule has 8 nitrogen and oxygen atoms in total. The van der Waals surface area contributed by atoms with E-state index in [0.29, 0.717) is 16.4 Å². The van der Waals surface area contributed by atoms with Crippen molar-refractivity contribution in [2.24, 2.45) is 5.73 Å². The van der Waals surface area contributed by atoms with Gasteiger partial charge in [-0.1, -0.05) is 17.7 Å². The molecule has 0 saturated carbocycles. The molecule has 1 aromatic carbocycles. The first-order valence-corrected chi connectivity index (χ1v) is 11.6. The van der Waals surface area contributed by atoms with Crippen LogP contribution < -0.4 is 21.7 Å². The first kappa shape index (κ1) is 24.6. The molecule has 3 rings (SSSR count). The van der Waals surface area contributed by atoms with Crippen molar-refractivity contribution in [1.29, 1.82) is 0 Å². The fourth-order valence-electron chi connectivity index (χ4n) is 3.02. The number of aromatic nitrogens is 1. The number of primary amides is 1. The minimum atomic E-state index is -1.14. The van der Waals surface area contributed by atoms with E-state index < -0.39 is 35.1 Å². The quantitative estimate of drug-likeness (QED) is 0.462. The molecule has 0 radical (unpaired) electrons. The van der Waals surface area contributed by atoms with Crippen LogP contribution in [0.1, 0.15) is 51.9 Å². The zero-order chi connectivity index (χ0) is 24.5. The Morgan fingerprint density at radius 2 is 1.94 bits per heavy atom. The number of nitrogens with one attached hydrogen (secondary N) is 1. The molecule has 3 amide bonds. The van der Waals surface area contributed by atoms with E-state index in [1.807, 2.05) is 0 Å². The first-order chi connectivity index (χ1) is 15.4. The number of nitrogens with zero attached hydrogens (tertiary/aromatic N) is 2. The third kappa shape index (κ3) is 5.32. The predicted octanol–water partition coefficient (Wildman–Crippen LogP) is 3.98. The fourth-order valence-corrected chi connectivity index (χ4v) is 4.75. The molecule has 0 aliphatic carbocycles. The lowest BCUT2D eigenvalue weighted by molar-refractivity contribution is -0.123. The van der Waals surface area contributed by atoms with Gasteiger partial charge in [0.2, 0.25) is 5.91 Å². The van der Waals surface area contributed by atoms with Crippen molar-refractivity contribution in [2.45, 2.75) is 32.4 Å². The Kier molecular flexibility index (Phi) is 7.06. The van der Waals surface area contributed by atoms with Gasteiger partial charge in [0, 0.05) is 16.1 Å². The highest BCUT2D eigenvalue weighted by Crippen LogP contribution is 2.36. The Hall–Kier alpha value is -3.02. The van der Waals surface area contributed by atoms with Crippen molar-refractivity contribution in [1.82, 2.24) is 9.69 Å². The average Bonchev–Trinajstić information content (AvgIpc) is 3.36. The largest absolute Gasteiger partial charge is 0.395 e. The monoisotopic (exact) mass is 509 g/mol. The predicted molar refractivity (Wildman–Crippen MR) is 128 cm³/mol. The summed E-state index contributed by atoms with van der Waals surface area (Å²) in [7, 11) is 0. The Balaban J connectivity index is 2.22. The summed E-state index contributed by atoms with van der Waals surface area (Å²) in [5.74, 6) is -2.77. The molecule has 0 bridgehead atoms. The summed E-state index contributed by atoms with van der Waals surface area (Å²) in [6.07, 6.45) is 0. The number of amides is 3. The fraction of sp³-hybridized carbons (Fsp3) is 0.238.